The van der Waals surface area contributed by atoms with Crippen molar-refractivity contribution < 1.29 is 4.79 Å². The van der Waals surface area contributed by atoms with Crippen molar-refractivity contribution >= 4 is 23.3 Å². The molecule has 1 aromatic rings. The maximum Gasteiger partial charge on any atom is 0.249 e. The van der Waals surface area contributed by atoms with Crippen LogP contribution < -0.4 is 11.1 Å². The van der Waals surface area contributed by atoms with E-state index in [1.807, 2.05) is 24.8 Å². The van der Waals surface area contributed by atoms with Crippen molar-refractivity contribution in [3.8, 4) is 0 Å². The number of guanidine groups is 1. The van der Waals surface area contributed by atoms with Gasteiger partial charge < -0.3 is 16.0 Å². The summed E-state index contributed by atoms with van der Waals surface area (Å²) in [5.74, 6) is 0.434. The lowest BCUT2D eigenvalue weighted by Crippen LogP contribution is -2.40. The fraction of sp³-hybridized carbons (Fsp3) is 0.353. The Morgan fingerprint density at radius 3 is 2.74 bits per heavy atom. The quantitative estimate of drug-likeness (QED) is 0.453. The van der Waals surface area contributed by atoms with E-state index < -0.39 is 0 Å². The van der Waals surface area contributed by atoms with Gasteiger partial charge in [-0.15, -0.1) is 0 Å². The molecule has 0 aliphatic carbocycles. The first kappa shape index (κ1) is 16.7. The summed E-state index contributed by atoms with van der Waals surface area (Å²) >= 11 is 0. The Hall–Kier alpha value is -2.63. The third-order valence-electron chi connectivity index (χ3n) is 3.74. The van der Waals surface area contributed by atoms with Crippen LogP contribution in [0.5, 0.6) is 0 Å². The molecule has 0 bridgehead atoms. The molecule has 0 atom stereocenters. The molecule has 2 rings (SSSR count). The third kappa shape index (κ3) is 4.42. The molecule has 0 aromatic carbocycles. The number of amides is 1. The van der Waals surface area contributed by atoms with Crippen LogP contribution in [0.3, 0.4) is 0 Å². The van der Waals surface area contributed by atoms with Crippen LogP contribution >= 0.6 is 0 Å². The maximum absolute atomic E-state index is 11.7. The zero-order valence-electron chi connectivity index (χ0n) is 13.8. The summed E-state index contributed by atoms with van der Waals surface area (Å²) in [5.41, 5.74) is 9.94. The number of aromatic nitrogens is 1. The van der Waals surface area contributed by atoms with Gasteiger partial charge in [-0.1, -0.05) is 11.1 Å². The number of carbonyl (C=O) groups excluding carboxylic acids is 1. The summed E-state index contributed by atoms with van der Waals surface area (Å²) in [5, 5.41) is 10.3. The second-order valence-electron chi connectivity index (χ2n) is 5.96. The summed E-state index contributed by atoms with van der Waals surface area (Å²) in [6, 6.07) is 3.73. The lowest BCUT2D eigenvalue weighted by Gasteiger charge is -2.30. The molecule has 0 unspecified atom stereocenters. The zero-order chi connectivity index (χ0) is 17.0. The van der Waals surface area contributed by atoms with E-state index in [4.69, 9.17) is 11.1 Å². The van der Waals surface area contributed by atoms with Crippen LogP contribution in [-0.2, 0) is 4.79 Å². The van der Waals surface area contributed by atoms with Gasteiger partial charge in [0, 0.05) is 25.4 Å². The molecule has 1 aliphatic heterocycles. The first-order valence-corrected chi connectivity index (χ1v) is 7.56. The van der Waals surface area contributed by atoms with Gasteiger partial charge in [0.25, 0.3) is 0 Å². The van der Waals surface area contributed by atoms with Crippen molar-refractivity contribution in [1.82, 2.24) is 9.88 Å². The molecule has 0 saturated heterocycles. The smallest absolute Gasteiger partial charge is 0.249 e. The number of rotatable bonds is 3. The van der Waals surface area contributed by atoms with Crippen molar-refractivity contribution in [2.75, 3.05) is 18.4 Å². The topological polar surface area (TPSA) is 95.1 Å². The number of nitrogens with two attached hydrogens (primary N) is 1. The number of nitrogens with one attached hydrogen (secondary N) is 2. The first-order chi connectivity index (χ1) is 10.9. The lowest BCUT2D eigenvalue weighted by molar-refractivity contribution is -0.112. The molecule has 23 heavy (non-hydrogen) atoms. The average molecular weight is 313 g/mol. The molecular weight excluding hydrogens is 290 g/mol. The first-order valence-electron chi connectivity index (χ1n) is 7.56. The number of hydrogen-bond acceptors (Lipinski definition) is 3. The molecule has 0 spiro atoms. The van der Waals surface area contributed by atoms with Crippen LogP contribution in [0, 0.1) is 5.41 Å². The normalized spacial score (nSPS) is 14.5. The van der Waals surface area contributed by atoms with Gasteiger partial charge in [-0.2, -0.15) is 0 Å². The summed E-state index contributed by atoms with van der Waals surface area (Å²) in [6.45, 7) is 7.23. The lowest BCUT2D eigenvalue weighted by atomic mass is 9.96. The van der Waals surface area contributed by atoms with Crippen LogP contribution in [0.4, 0.5) is 5.82 Å². The van der Waals surface area contributed by atoms with Gasteiger partial charge in [-0.3, -0.25) is 10.2 Å². The number of anilines is 1. The number of allylic oxidation sites excluding steroid dienone is 1. The Kier molecular flexibility index (Phi) is 5.16. The number of hydrogen-bond donors (Lipinski definition) is 3. The van der Waals surface area contributed by atoms with E-state index in [2.05, 4.69) is 17.2 Å². The van der Waals surface area contributed by atoms with Crippen LogP contribution in [0.15, 0.2) is 35.6 Å². The van der Waals surface area contributed by atoms with Crippen molar-refractivity contribution in [3.05, 3.63) is 41.1 Å². The molecule has 0 radical (unpaired) electrons. The van der Waals surface area contributed by atoms with Gasteiger partial charge >= 0.3 is 0 Å². The molecule has 0 fully saturated rings. The summed E-state index contributed by atoms with van der Waals surface area (Å²) in [6.07, 6.45) is 4.17. The van der Waals surface area contributed by atoms with Crippen molar-refractivity contribution in [2.45, 2.75) is 27.2 Å². The molecule has 1 aromatic heterocycles. The van der Waals surface area contributed by atoms with Crippen LogP contribution in [0.25, 0.3) is 5.57 Å². The highest BCUT2D eigenvalue weighted by molar-refractivity contribution is 5.99. The van der Waals surface area contributed by atoms with Crippen molar-refractivity contribution in [1.29, 1.82) is 5.41 Å². The second-order valence-corrected chi connectivity index (χ2v) is 5.96. The van der Waals surface area contributed by atoms with E-state index in [1.54, 1.807) is 12.3 Å². The molecule has 1 amide bonds. The third-order valence-corrected chi connectivity index (χ3v) is 3.74. The molecule has 0 saturated carbocycles. The monoisotopic (exact) mass is 313 g/mol. The Bertz CT molecular complexity index is 669. The number of nitrogens with zero attached hydrogens (tertiary/aromatic N) is 2. The van der Waals surface area contributed by atoms with Crippen molar-refractivity contribution in [2.24, 2.45) is 5.73 Å². The largest absolute Gasteiger partial charge is 0.370 e. The second kappa shape index (κ2) is 7.09. The van der Waals surface area contributed by atoms with Crippen LogP contribution in [-0.4, -0.2) is 34.8 Å². The Morgan fingerprint density at radius 2 is 2.17 bits per heavy atom. The fourth-order valence-electron chi connectivity index (χ4n) is 2.47. The van der Waals surface area contributed by atoms with E-state index in [1.165, 1.54) is 11.6 Å². The molecular formula is C17H23N5O. The van der Waals surface area contributed by atoms with Crippen LogP contribution in [0.2, 0.25) is 0 Å². The van der Waals surface area contributed by atoms with Gasteiger partial charge in [-0.05, 0) is 50.5 Å². The Balaban J connectivity index is 2.14. The van der Waals surface area contributed by atoms with Gasteiger partial charge in [0.05, 0.1) is 0 Å². The van der Waals surface area contributed by atoms with E-state index in [0.29, 0.717) is 12.4 Å². The Labute approximate surface area is 136 Å². The predicted molar refractivity (Wildman–Crippen MR) is 93.0 cm³/mol. The van der Waals surface area contributed by atoms with Gasteiger partial charge in [0.1, 0.15) is 5.82 Å². The summed E-state index contributed by atoms with van der Waals surface area (Å²) in [4.78, 5) is 17.8. The van der Waals surface area contributed by atoms with E-state index in [9.17, 15) is 4.79 Å². The van der Waals surface area contributed by atoms with Crippen molar-refractivity contribution in [3.63, 3.8) is 0 Å². The standard InChI is InChI=1S/C17H23N5O/c1-11(2)8-16(23)21-15-5-4-13(9-20-15)14-10-22(17(18)19)7-6-12(14)3/h4-5,8-9H,6-7,10H2,1-3H3,(H3,18,19)(H,20,21,23). The van der Waals surface area contributed by atoms with Crippen LogP contribution in [0.1, 0.15) is 32.8 Å². The minimum atomic E-state index is -0.180. The molecule has 122 valence electrons. The SMILES string of the molecule is CC(C)=CC(=O)Nc1ccc(C2=C(C)CCN(C(=N)N)C2)cn1. The maximum atomic E-state index is 11.7. The van der Waals surface area contributed by atoms with E-state index in [0.717, 1.165) is 29.7 Å². The highest BCUT2D eigenvalue weighted by Gasteiger charge is 2.18. The zero-order valence-corrected chi connectivity index (χ0v) is 13.8. The highest BCUT2D eigenvalue weighted by atomic mass is 16.1. The Morgan fingerprint density at radius 1 is 1.43 bits per heavy atom. The summed E-state index contributed by atoms with van der Waals surface area (Å²) in [7, 11) is 0. The number of carbonyl (C=O) groups is 1. The predicted octanol–water partition coefficient (Wildman–Crippen LogP) is 2.36. The fourth-order valence-corrected chi connectivity index (χ4v) is 2.47. The number of pyridine rings is 1. The highest BCUT2D eigenvalue weighted by Crippen LogP contribution is 2.26. The van der Waals surface area contributed by atoms with E-state index in [-0.39, 0.29) is 11.9 Å². The van der Waals surface area contributed by atoms with E-state index >= 15 is 0 Å². The van der Waals surface area contributed by atoms with Gasteiger partial charge in [-0.25, -0.2) is 4.98 Å². The van der Waals surface area contributed by atoms with Gasteiger partial charge in [0.15, 0.2) is 5.96 Å². The molecule has 6 heteroatoms. The minimum absolute atomic E-state index is 0.0913. The van der Waals surface area contributed by atoms with Gasteiger partial charge in [0.2, 0.25) is 5.91 Å². The summed E-state index contributed by atoms with van der Waals surface area (Å²) < 4.78 is 0. The molecule has 2 heterocycles. The average Bonchev–Trinajstić information content (AvgIpc) is 2.47. The molecule has 6 nitrogen and oxygen atoms in total. The molecule has 4 N–H and O–H groups in total. The molecule has 1 aliphatic rings. The minimum Gasteiger partial charge on any atom is -0.370 e.